The van der Waals surface area contributed by atoms with Crippen LogP contribution in [-0.4, -0.2) is 55.6 Å². The van der Waals surface area contributed by atoms with E-state index in [1.54, 1.807) is 4.90 Å². The summed E-state index contributed by atoms with van der Waals surface area (Å²) in [5.74, 6) is -0.124. The van der Waals surface area contributed by atoms with Crippen LogP contribution in [0.3, 0.4) is 0 Å². The number of piperazine rings is 1. The molecule has 0 N–H and O–H groups in total. The van der Waals surface area contributed by atoms with E-state index in [0.717, 1.165) is 19.6 Å². The van der Waals surface area contributed by atoms with Crippen LogP contribution in [0.5, 0.6) is 11.5 Å². The smallest absolute Gasteiger partial charge is 0.387 e. The van der Waals surface area contributed by atoms with Crippen molar-refractivity contribution in [2.24, 2.45) is 0 Å². The van der Waals surface area contributed by atoms with Crippen molar-refractivity contribution in [1.29, 1.82) is 0 Å². The van der Waals surface area contributed by atoms with Gasteiger partial charge in [-0.3, -0.25) is 9.69 Å². The molecule has 1 fully saturated rings. The molecule has 1 heterocycles. The monoisotopic (exact) mass is 426 g/mol. The van der Waals surface area contributed by atoms with Gasteiger partial charge in [-0.15, -0.1) is 0 Å². The first-order chi connectivity index (χ1) is 15.0. The molecule has 1 amide bonds. The molecule has 0 aliphatic carbocycles. The predicted molar refractivity (Wildman–Crippen MR) is 115 cm³/mol. The van der Waals surface area contributed by atoms with E-state index in [0.29, 0.717) is 18.7 Å². The number of carbonyl (C=O) groups excluding carboxylic acids is 1. The minimum atomic E-state index is -2.95. The fourth-order valence-electron chi connectivity index (χ4n) is 3.96. The molecule has 1 aliphatic rings. The van der Waals surface area contributed by atoms with Gasteiger partial charge in [0.2, 0.25) is 0 Å². The van der Waals surface area contributed by atoms with E-state index in [2.05, 4.69) is 40.0 Å². The van der Waals surface area contributed by atoms with Crippen LogP contribution in [0.25, 0.3) is 10.8 Å². The maximum atomic E-state index is 12.9. The van der Waals surface area contributed by atoms with Crippen molar-refractivity contribution in [3.8, 4) is 11.5 Å². The zero-order valence-corrected chi connectivity index (χ0v) is 17.3. The highest BCUT2D eigenvalue weighted by atomic mass is 19.3. The number of amides is 1. The Labute approximate surface area is 179 Å². The van der Waals surface area contributed by atoms with Crippen LogP contribution < -0.4 is 9.47 Å². The largest absolute Gasteiger partial charge is 0.493 e. The predicted octanol–water partition coefficient (Wildman–Crippen LogP) is 4.41. The Morgan fingerprint density at radius 1 is 0.968 bits per heavy atom. The number of benzene rings is 3. The normalized spacial score (nSPS) is 14.8. The van der Waals surface area contributed by atoms with E-state index in [9.17, 15) is 13.6 Å². The van der Waals surface area contributed by atoms with E-state index in [1.165, 1.54) is 41.6 Å². The van der Waals surface area contributed by atoms with Gasteiger partial charge in [-0.2, -0.15) is 8.78 Å². The number of hydrogen-bond acceptors (Lipinski definition) is 4. The molecule has 4 rings (SSSR count). The van der Waals surface area contributed by atoms with Crippen LogP contribution in [0.2, 0.25) is 0 Å². The molecule has 0 unspecified atom stereocenters. The highest BCUT2D eigenvalue weighted by Crippen LogP contribution is 2.30. The number of carbonyl (C=O) groups is 1. The molecule has 1 saturated heterocycles. The summed E-state index contributed by atoms with van der Waals surface area (Å²) in [6.45, 7) is 0.599. The number of ether oxygens (including phenoxy) is 2. The van der Waals surface area contributed by atoms with Crippen molar-refractivity contribution in [3.63, 3.8) is 0 Å². The summed E-state index contributed by atoms with van der Waals surface area (Å²) in [5.41, 5.74) is 1.67. The van der Waals surface area contributed by atoms with Crippen LogP contribution >= 0.6 is 0 Å². The van der Waals surface area contributed by atoms with Crippen LogP contribution in [0.1, 0.15) is 15.9 Å². The van der Waals surface area contributed by atoms with Gasteiger partial charge in [0.1, 0.15) is 0 Å². The topological polar surface area (TPSA) is 42.0 Å². The number of halogens is 2. The Morgan fingerprint density at radius 3 is 2.45 bits per heavy atom. The molecule has 31 heavy (non-hydrogen) atoms. The lowest BCUT2D eigenvalue weighted by atomic mass is 10.0. The van der Waals surface area contributed by atoms with Gasteiger partial charge in [0.15, 0.2) is 11.5 Å². The number of rotatable bonds is 6. The second kappa shape index (κ2) is 9.31. The molecule has 162 valence electrons. The second-order valence-corrected chi connectivity index (χ2v) is 7.45. The molecule has 0 spiro atoms. The lowest BCUT2D eigenvalue weighted by molar-refractivity contribution is -0.0512. The quantitative estimate of drug-likeness (QED) is 0.586. The van der Waals surface area contributed by atoms with Crippen molar-refractivity contribution in [2.45, 2.75) is 13.2 Å². The molecule has 7 heteroatoms. The fraction of sp³-hybridized carbons (Fsp3) is 0.292. The van der Waals surface area contributed by atoms with Gasteiger partial charge in [-0.1, -0.05) is 42.5 Å². The number of alkyl halides is 2. The van der Waals surface area contributed by atoms with Crippen LogP contribution in [0, 0.1) is 0 Å². The van der Waals surface area contributed by atoms with Gasteiger partial charge in [-0.25, -0.2) is 0 Å². The molecule has 0 radical (unpaired) electrons. The first-order valence-electron chi connectivity index (χ1n) is 10.2. The van der Waals surface area contributed by atoms with Gasteiger partial charge in [-0.05, 0) is 34.5 Å². The molecule has 1 aliphatic heterocycles. The Balaban J connectivity index is 1.40. The molecule has 0 bridgehead atoms. The minimum absolute atomic E-state index is 0.0889. The SMILES string of the molecule is COc1cc(C(=O)N2CCN(Cc3cccc4ccccc34)CC2)ccc1OC(F)F. The Kier molecular flexibility index (Phi) is 6.32. The zero-order valence-electron chi connectivity index (χ0n) is 17.3. The van der Waals surface area contributed by atoms with Gasteiger partial charge < -0.3 is 14.4 Å². The van der Waals surface area contributed by atoms with Crippen molar-refractivity contribution in [2.75, 3.05) is 33.3 Å². The van der Waals surface area contributed by atoms with Crippen molar-refractivity contribution < 1.29 is 23.0 Å². The summed E-state index contributed by atoms with van der Waals surface area (Å²) in [4.78, 5) is 17.0. The summed E-state index contributed by atoms with van der Waals surface area (Å²) in [6.07, 6.45) is 0. The number of nitrogens with zero attached hydrogens (tertiary/aromatic N) is 2. The van der Waals surface area contributed by atoms with E-state index in [-0.39, 0.29) is 17.4 Å². The first kappa shape index (κ1) is 21.1. The maximum absolute atomic E-state index is 12.9. The van der Waals surface area contributed by atoms with Crippen molar-refractivity contribution >= 4 is 16.7 Å². The maximum Gasteiger partial charge on any atom is 0.387 e. The van der Waals surface area contributed by atoms with Crippen LogP contribution in [-0.2, 0) is 6.54 Å². The molecule has 3 aromatic carbocycles. The fourth-order valence-corrected chi connectivity index (χ4v) is 3.96. The molecular weight excluding hydrogens is 402 g/mol. The summed E-state index contributed by atoms with van der Waals surface area (Å²) < 4.78 is 34.6. The third-order valence-corrected chi connectivity index (χ3v) is 5.56. The van der Waals surface area contributed by atoms with E-state index in [1.807, 2.05) is 12.1 Å². The lowest BCUT2D eigenvalue weighted by Gasteiger charge is -2.35. The zero-order chi connectivity index (χ0) is 21.8. The second-order valence-electron chi connectivity index (χ2n) is 7.45. The van der Waals surface area contributed by atoms with Gasteiger partial charge in [0, 0.05) is 38.3 Å². The summed E-state index contributed by atoms with van der Waals surface area (Å²) in [5, 5.41) is 2.48. The van der Waals surface area contributed by atoms with Gasteiger partial charge >= 0.3 is 6.61 Å². The van der Waals surface area contributed by atoms with E-state index < -0.39 is 6.61 Å². The molecule has 3 aromatic rings. The molecule has 0 saturated carbocycles. The highest BCUT2D eigenvalue weighted by Gasteiger charge is 2.24. The minimum Gasteiger partial charge on any atom is -0.493 e. The summed E-state index contributed by atoms with van der Waals surface area (Å²) >= 11 is 0. The average Bonchev–Trinajstić information content (AvgIpc) is 2.79. The van der Waals surface area contributed by atoms with Gasteiger partial charge in [0.05, 0.1) is 7.11 Å². The van der Waals surface area contributed by atoms with Gasteiger partial charge in [0.25, 0.3) is 5.91 Å². The highest BCUT2D eigenvalue weighted by molar-refractivity contribution is 5.95. The Bertz CT molecular complexity index is 1060. The van der Waals surface area contributed by atoms with E-state index in [4.69, 9.17) is 4.74 Å². The average molecular weight is 426 g/mol. The standard InChI is InChI=1S/C24H24F2N2O3/c1-30-22-15-18(9-10-21(22)31-24(25)26)23(29)28-13-11-27(12-14-28)16-19-7-4-6-17-5-2-3-8-20(17)19/h2-10,15,24H,11-14,16H2,1H3. The summed E-state index contributed by atoms with van der Waals surface area (Å²) in [6, 6.07) is 19.0. The molecule has 0 aromatic heterocycles. The third kappa shape index (κ3) is 4.77. The number of fused-ring (bicyclic) bond motifs is 1. The van der Waals surface area contributed by atoms with E-state index >= 15 is 0 Å². The lowest BCUT2D eigenvalue weighted by Crippen LogP contribution is -2.48. The molecule has 5 nitrogen and oxygen atoms in total. The number of hydrogen-bond donors (Lipinski definition) is 0. The summed E-state index contributed by atoms with van der Waals surface area (Å²) in [7, 11) is 1.36. The van der Waals surface area contributed by atoms with Crippen LogP contribution in [0.15, 0.2) is 60.7 Å². The van der Waals surface area contributed by atoms with Crippen LogP contribution in [0.4, 0.5) is 8.78 Å². The molecule has 0 atom stereocenters. The third-order valence-electron chi connectivity index (χ3n) is 5.56. The number of methoxy groups -OCH3 is 1. The van der Waals surface area contributed by atoms with Crippen molar-refractivity contribution in [1.82, 2.24) is 9.80 Å². The Hall–Kier alpha value is -3.19. The van der Waals surface area contributed by atoms with Crippen molar-refractivity contribution in [3.05, 3.63) is 71.8 Å². The Morgan fingerprint density at radius 2 is 1.71 bits per heavy atom. The molecular formula is C24H24F2N2O3. The first-order valence-corrected chi connectivity index (χ1v) is 10.2.